The van der Waals surface area contributed by atoms with Crippen LogP contribution in [0.5, 0.6) is 0 Å². The monoisotopic (exact) mass is 514 g/mol. The Morgan fingerprint density at radius 3 is 1.67 bits per heavy atom. The van der Waals surface area contributed by atoms with Crippen LogP contribution in [0.25, 0.3) is 75.1 Å². The molecule has 0 fully saturated rings. The summed E-state index contributed by atoms with van der Waals surface area (Å²) in [6.45, 7) is 0. The fourth-order valence-corrected chi connectivity index (χ4v) is 7.31. The second-order valence-electron chi connectivity index (χ2n) is 9.86. The normalized spacial score (nSPS) is 12.3. The second-order valence-corrected chi connectivity index (χ2v) is 10.9. The minimum Gasteiger partial charge on any atom is -0.135 e. The molecule has 0 amide bonds. The van der Waals surface area contributed by atoms with Gasteiger partial charge in [0, 0.05) is 25.7 Å². The first-order chi connectivity index (χ1) is 20.2. The van der Waals surface area contributed by atoms with Gasteiger partial charge in [0.25, 0.3) is 0 Å². The van der Waals surface area contributed by atoms with E-state index in [1.807, 2.05) is 53.8 Å². The van der Waals surface area contributed by atoms with Gasteiger partial charge in [0.1, 0.15) is 0 Å². The predicted molar refractivity (Wildman–Crippen MR) is 171 cm³/mol. The summed E-state index contributed by atoms with van der Waals surface area (Å²) >= 11 is 1.82. The van der Waals surface area contributed by atoms with Crippen LogP contribution in [0.3, 0.4) is 0 Å². The maximum Gasteiger partial charge on any atom is 0.0629 e. The van der Waals surface area contributed by atoms with Gasteiger partial charge in [-0.1, -0.05) is 139 Å². The van der Waals surface area contributed by atoms with Crippen LogP contribution in [-0.2, 0) is 0 Å². The van der Waals surface area contributed by atoms with E-state index in [9.17, 15) is 0 Å². The number of rotatable bonds is 3. The summed E-state index contributed by atoms with van der Waals surface area (Å²) in [4.78, 5) is 0. The van der Waals surface area contributed by atoms with Crippen LogP contribution in [0, 0.1) is 0 Å². The van der Waals surface area contributed by atoms with Crippen LogP contribution in [0.2, 0.25) is 0 Å². The van der Waals surface area contributed by atoms with Crippen LogP contribution in [0.15, 0.2) is 146 Å². The molecule has 0 bridgehead atoms. The van der Waals surface area contributed by atoms with Gasteiger partial charge in [-0.2, -0.15) is 0 Å². The van der Waals surface area contributed by atoms with E-state index in [-0.39, 0.29) is 0 Å². The summed E-state index contributed by atoms with van der Waals surface area (Å²) in [5.41, 5.74) is 6.68. The third-order valence-corrected chi connectivity index (χ3v) is 8.89. The molecule has 0 aliphatic rings. The molecule has 7 aromatic carbocycles. The highest BCUT2D eigenvalue weighted by Crippen LogP contribution is 2.48. The first kappa shape index (κ1) is 20.3. The fourth-order valence-electron chi connectivity index (χ4n) is 6.06. The van der Waals surface area contributed by atoms with Crippen molar-refractivity contribution in [2.75, 3.05) is 0 Å². The Bertz CT molecular complexity index is 2200. The molecule has 0 nitrogen and oxygen atoms in total. The molecular weight excluding hydrogens is 488 g/mol. The van der Waals surface area contributed by atoms with Gasteiger partial charge in [-0.3, -0.25) is 0 Å². The lowest BCUT2D eigenvalue weighted by molar-refractivity contribution is 1.67. The van der Waals surface area contributed by atoms with Crippen LogP contribution < -0.4 is 0 Å². The molecule has 1 aromatic heterocycles. The van der Waals surface area contributed by atoms with Crippen molar-refractivity contribution in [2.45, 2.75) is 0 Å². The minimum atomic E-state index is 0.475. The second kappa shape index (κ2) is 8.94. The lowest BCUT2D eigenvalue weighted by Crippen LogP contribution is -1.90. The molecule has 8 aromatic rings. The summed E-state index contributed by atoms with van der Waals surface area (Å²) in [7, 11) is 0. The minimum absolute atomic E-state index is 0.475. The Labute approximate surface area is 234 Å². The zero-order valence-corrected chi connectivity index (χ0v) is 21.9. The number of hydrogen-bond acceptors (Lipinski definition) is 1. The molecule has 0 unspecified atom stereocenters. The predicted octanol–water partition coefficient (Wildman–Crippen LogP) is 11.4. The van der Waals surface area contributed by atoms with E-state index in [2.05, 4.69) is 91.0 Å². The summed E-state index contributed by atoms with van der Waals surface area (Å²) in [6.07, 6.45) is 0. The molecule has 0 saturated heterocycles. The summed E-state index contributed by atoms with van der Waals surface area (Å²) in [6, 6.07) is 47.0. The molecule has 1 heterocycles. The van der Waals surface area contributed by atoms with Crippen molar-refractivity contribution in [3.63, 3.8) is 0 Å². The lowest BCUT2D eigenvalue weighted by Gasteiger charge is -2.18. The summed E-state index contributed by atoms with van der Waals surface area (Å²) in [5, 5.41) is 6.38. The highest BCUT2D eigenvalue weighted by Gasteiger charge is 2.20. The van der Waals surface area contributed by atoms with Crippen molar-refractivity contribution >= 4 is 53.1 Å². The lowest BCUT2D eigenvalue weighted by atomic mass is 9.85. The van der Waals surface area contributed by atoms with Crippen molar-refractivity contribution in [2.24, 2.45) is 0 Å². The fraction of sp³-hybridized carbons (Fsp3) is 0. The topological polar surface area (TPSA) is 0 Å². The molecule has 0 aliphatic carbocycles. The Hall–Kier alpha value is -4.72. The van der Waals surface area contributed by atoms with Crippen molar-refractivity contribution in [1.29, 1.82) is 0 Å². The standard InChI is InChI=1S/C38H24S/c1-3-13-25(14-4-1)27-21-12-24-34-37(27)33-23-11-22-32(38(33)39-34)36-30-19-9-7-17-28(30)35(26-15-5-2-6-16-26)29-18-8-10-20-31(29)36/h1-24H/i17D,18D. The number of hydrogen-bond donors (Lipinski definition) is 0. The van der Waals surface area contributed by atoms with Crippen LogP contribution >= 0.6 is 11.3 Å². The highest BCUT2D eigenvalue weighted by molar-refractivity contribution is 7.26. The van der Waals surface area contributed by atoms with Crippen molar-refractivity contribution in [3.8, 4) is 33.4 Å². The van der Waals surface area contributed by atoms with E-state index in [1.165, 1.54) is 31.3 Å². The summed E-state index contributed by atoms with van der Waals surface area (Å²) < 4.78 is 20.6. The van der Waals surface area contributed by atoms with E-state index in [0.29, 0.717) is 12.1 Å². The maximum atomic E-state index is 9.07. The largest absolute Gasteiger partial charge is 0.135 e. The highest BCUT2D eigenvalue weighted by atomic mass is 32.1. The molecule has 0 radical (unpaired) electrons. The first-order valence-corrected chi connectivity index (χ1v) is 14.0. The van der Waals surface area contributed by atoms with Crippen LogP contribution in [0.1, 0.15) is 2.74 Å². The average Bonchev–Trinajstić information content (AvgIpc) is 3.41. The molecule has 0 atom stereocenters. The zero-order chi connectivity index (χ0) is 27.5. The van der Waals surface area contributed by atoms with Crippen molar-refractivity contribution < 1.29 is 2.74 Å². The third-order valence-electron chi connectivity index (χ3n) is 7.69. The van der Waals surface area contributed by atoms with Gasteiger partial charge in [0.05, 0.1) is 2.74 Å². The molecule has 8 rings (SSSR count). The molecule has 182 valence electrons. The van der Waals surface area contributed by atoms with E-state index < -0.39 is 0 Å². The van der Waals surface area contributed by atoms with Crippen molar-refractivity contribution in [3.05, 3.63) is 146 Å². The zero-order valence-electron chi connectivity index (χ0n) is 23.1. The molecule has 0 N–H and O–H groups in total. The third kappa shape index (κ3) is 3.44. The first-order valence-electron chi connectivity index (χ1n) is 14.2. The maximum absolute atomic E-state index is 9.07. The van der Waals surface area contributed by atoms with E-state index >= 15 is 0 Å². The van der Waals surface area contributed by atoms with Gasteiger partial charge < -0.3 is 0 Å². The summed E-state index contributed by atoms with van der Waals surface area (Å²) in [5.74, 6) is 0. The van der Waals surface area contributed by atoms with Gasteiger partial charge in [-0.15, -0.1) is 11.3 Å². The number of benzene rings is 7. The van der Waals surface area contributed by atoms with Gasteiger partial charge in [-0.05, 0) is 55.4 Å². The van der Waals surface area contributed by atoms with E-state index in [1.54, 1.807) is 0 Å². The smallest absolute Gasteiger partial charge is 0.0629 e. The van der Waals surface area contributed by atoms with E-state index in [4.69, 9.17) is 2.74 Å². The molecule has 0 saturated carbocycles. The Morgan fingerprint density at radius 2 is 0.974 bits per heavy atom. The van der Waals surface area contributed by atoms with Crippen LogP contribution in [-0.4, -0.2) is 0 Å². The molecule has 1 heteroatoms. The Morgan fingerprint density at radius 1 is 0.410 bits per heavy atom. The number of thiophene rings is 1. The van der Waals surface area contributed by atoms with Gasteiger partial charge >= 0.3 is 0 Å². The Kier molecular flexibility index (Phi) is 4.65. The molecular formula is C38H24S. The molecule has 0 aliphatic heterocycles. The van der Waals surface area contributed by atoms with Crippen molar-refractivity contribution in [1.82, 2.24) is 0 Å². The quantitative estimate of drug-likeness (QED) is 0.206. The van der Waals surface area contributed by atoms with Gasteiger partial charge in [0.2, 0.25) is 0 Å². The molecule has 39 heavy (non-hydrogen) atoms. The van der Waals surface area contributed by atoms with Gasteiger partial charge in [0.15, 0.2) is 0 Å². The Balaban J connectivity index is 1.55. The number of fused-ring (bicyclic) bond motifs is 5. The average molecular weight is 515 g/mol. The van der Waals surface area contributed by atoms with Crippen LogP contribution in [0.4, 0.5) is 0 Å². The van der Waals surface area contributed by atoms with Gasteiger partial charge in [-0.25, -0.2) is 0 Å². The SMILES string of the molecule is [2H]c1cccc2c(-c3cccc4c3sc3cccc(-c5ccccc5)c34)c3cccc([2H])c3c(-c3ccccc3)c12. The molecule has 0 spiro atoms. The van der Waals surface area contributed by atoms with E-state index in [0.717, 1.165) is 43.8 Å².